The van der Waals surface area contributed by atoms with Gasteiger partial charge in [-0.2, -0.15) is 0 Å². The molecule has 0 aromatic heterocycles. The van der Waals surface area contributed by atoms with Crippen molar-refractivity contribution in [1.29, 1.82) is 0 Å². The van der Waals surface area contributed by atoms with E-state index >= 15 is 0 Å². The van der Waals surface area contributed by atoms with Crippen LogP contribution in [0.5, 0.6) is 0 Å². The van der Waals surface area contributed by atoms with E-state index < -0.39 is 5.97 Å². The second kappa shape index (κ2) is 31.3. The number of carbonyl (C=O) groups excluding carboxylic acids is 1. The maximum absolute atomic E-state index is 10.5. The zero-order chi connectivity index (χ0) is 17.5. The van der Waals surface area contributed by atoms with Gasteiger partial charge in [0.1, 0.15) is 0 Å². The zero-order valence-electron chi connectivity index (χ0n) is 12.6. The first kappa shape index (κ1) is 28.0. The minimum absolute atomic E-state index is 0.0556. The van der Waals surface area contributed by atoms with E-state index in [9.17, 15) is 4.79 Å². The first-order valence-corrected chi connectivity index (χ1v) is 6.02. The number of aliphatic hydroxyl groups is 6. The number of carbonyl (C=O) groups is 1. The SMILES string of the molecule is C=C(OCC)C(=O)OC.OCCO.OCCO.OCCO. The van der Waals surface area contributed by atoms with Gasteiger partial charge >= 0.3 is 5.97 Å². The Hall–Kier alpha value is -1.23. The topological polar surface area (TPSA) is 157 Å². The average molecular weight is 316 g/mol. The Balaban J connectivity index is -0.000000102. The maximum atomic E-state index is 10.5. The number of esters is 1. The van der Waals surface area contributed by atoms with E-state index in [2.05, 4.69) is 11.3 Å². The highest BCUT2D eigenvalue weighted by Gasteiger charge is 2.04. The van der Waals surface area contributed by atoms with E-state index in [-0.39, 0.29) is 45.4 Å². The predicted octanol–water partition coefficient (Wildman–Crippen LogP) is -2.38. The molecule has 0 saturated heterocycles. The molecule has 0 spiro atoms. The third-order valence-corrected chi connectivity index (χ3v) is 1.03. The van der Waals surface area contributed by atoms with Gasteiger partial charge in [-0.3, -0.25) is 0 Å². The van der Waals surface area contributed by atoms with Crippen LogP contribution in [0, 0.1) is 0 Å². The standard InChI is InChI=1S/C6H10O3.3C2H6O2/c1-4-9-5(2)6(7)8-3;3*3-1-2-4/h2,4H2,1,3H3;3*3-4H,1-2H2. The fourth-order valence-electron chi connectivity index (χ4n) is 0.347. The summed E-state index contributed by atoms with van der Waals surface area (Å²) in [6.07, 6.45) is 0. The van der Waals surface area contributed by atoms with Crippen LogP contribution < -0.4 is 0 Å². The van der Waals surface area contributed by atoms with E-state index in [0.29, 0.717) is 6.61 Å². The molecule has 130 valence electrons. The van der Waals surface area contributed by atoms with Crippen molar-refractivity contribution in [3.63, 3.8) is 0 Å². The summed E-state index contributed by atoms with van der Waals surface area (Å²) in [5, 5.41) is 45.8. The number of methoxy groups -OCH3 is 1. The fraction of sp³-hybridized carbons (Fsp3) is 0.750. The average Bonchev–Trinajstić information content (AvgIpc) is 2.54. The molecule has 21 heavy (non-hydrogen) atoms. The minimum atomic E-state index is -0.517. The first-order valence-electron chi connectivity index (χ1n) is 6.02. The Labute approximate surface area is 124 Å². The van der Waals surface area contributed by atoms with Crippen LogP contribution in [0.3, 0.4) is 0 Å². The molecule has 0 unspecified atom stereocenters. The second-order valence-electron chi connectivity index (χ2n) is 2.69. The van der Waals surface area contributed by atoms with Crippen molar-refractivity contribution in [2.24, 2.45) is 0 Å². The molecule has 0 radical (unpaired) electrons. The number of hydrogen-bond acceptors (Lipinski definition) is 9. The molecule has 9 heteroatoms. The lowest BCUT2D eigenvalue weighted by Gasteiger charge is -2.01. The molecule has 0 amide bonds. The largest absolute Gasteiger partial charge is 0.487 e. The van der Waals surface area contributed by atoms with Crippen LogP contribution in [0.25, 0.3) is 0 Å². The van der Waals surface area contributed by atoms with Gasteiger partial charge in [0.15, 0.2) is 5.76 Å². The van der Waals surface area contributed by atoms with E-state index in [1.165, 1.54) is 7.11 Å². The molecule has 0 fully saturated rings. The molecule has 0 saturated carbocycles. The van der Waals surface area contributed by atoms with Gasteiger partial charge in [-0.15, -0.1) is 0 Å². The lowest BCUT2D eigenvalue weighted by Crippen LogP contribution is -2.06. The summed E-state index contributed by atoms with van der Waals surface area (Å²) in [5.74, 6) is -0.461. The van der Waals surface area contributed by atoms with Crippen LogP contribution in [-0.4, -0.2) is 90.0 Å². The van der Waals surface area contributed by atoms with Crippen molar-refractivity contribution in [1.82, 2.24) is 0 Å². The second-order valence-corrected chi connectivity index (χ2v) is 2.69. The van der Waals surface area contributed by atoms with Gasteiger partial charge in [0.25, 0.3) is 0 Å². The zero-order valence-corrected chi connectivity index (χ0v) is 12.6. The molecule has 0 rings (SSSR count). The molecule has 9 nitrogen and oxygen atoms in total. The number of rotatable bonds is 6. The molecular formula is C12H28O9. The molecule has 0 aliphatic heterocycles. The normalized spacial score (nSPS) is 7.81. The predicted molar refractivity (Wildman–Crippen MR) is 75.3 cm³/mol. The number of aliphatic hydroxyl groups excluding tert-OH is 6. The Morgan fingerprint density at radius 2 is 1.14 bits per heavy atom. The summed E-state index contributed by atoms with van der Waals surface area (Å²) >= 11 is 0. The number of hydrogen-bond donors (Lipinski definition) is 6. The monoisotopic (exact) mass is 316 g/mol. The van der Waals surface area contributed by atoms with Crippen molar-refractivity contribution in [2.45, 2.75) is 6.92 Å². The Morgan fingerprint density at radius 1 is 0.857 bits per heavy atom. The quantitative estimate of drug-likeness (QED) is 0.179. The highest BCUT2D eigenvalue weighted by atomic mass is 16.6. The summed E-state index contributed by atoms with van der Waals surface area (Å²) < 4.78 is 9.03. The van der Waals surface area contributed by atoms with Crippen molar-refractivity contribution >= 4 is 5.97 Å². The van der Waals surface area contributed by atoms with Gasteiger partial charge in [-0.25, -0.2) is 4.79 Å². The molecule has 0 atom stereocenters. The van der Waals surface area contributed by atoms with Crippen molar-refractivity contribution in [3.8, 4) is 0 Å². The lowest BCUT2D eigenvalue weighted by molar-refractivity contribution is -0.140. The summed E-state index contributed by atoms with van der Waals surface area (Å²) in [4.78, 5) is 10.5. The Morgan fingerprint density at radius 3 is 1.29 bits per heavy atom. The van der Waals surface area contributed by atoms with Gasteiger partial charge in [-0.1, -0.05) is 0 Å². The fourth-order valence-corrected chi connectivity index (χ4v) is 0.347. The van der Waals surface area contributed by atoms with E-state index in [1.807, 2.05) is 0 Å². The highest BCUT2D eigenvalue weighted by Crippen LogP contribution is 1.93. The summed E-state index contributed by atoms with van der Waals surface area (Å²) in [6.45, 7) is 4.78. The van der Waals surface area contributed by atoms with Gasteiger partial charge in [0, 0.05) is 0 Å². The van der Waals surface area contributed by atoms with Crippen LogP contribution in [0.4, 0.5) is 0 Å². The third-order valence-electron chi connectivity index (χ3n) is 1.03. The van der Waals surface area contributed by atoms with Crippen LogP contribution in [0.2, 0.25) is 0 Å². The molecule has 0 bridgehead atoms. The van der Waals surface area contributed by atoms with Gasteiger partial charge < -0.3 is 40.1 Å². The van der Waals surface area contributed by atoms with Crippen LogP contribution in [0.1, 0.15) is 6.92 Å². The van der Waals surface area contributed by atoms with Crippen LogP contribution >= 0.6 is 0 Å². The van der Waals surface area contributed by atoms with Crippen LogP contribution in [-0.2, 0) is 14.3 Å². The van der Waals surface area contributed by atoms with Gasteiger partial charge in [-0.05, 0) is 13.5 Å². The molecule has 0 aromatic rings. The molecule has 0 aromatic carbocycles. The lowest BCUT2D eigenvalue weighted by atomic mass is 10.6. The van der Waals surface area contributed by atoms with Gasteiger partial charge in [0.05, 0.1) is 53.4 Å². The summed E-state index contributed by atoms with van der Waals surface area (Å²) in [5.41, 5.74) is 0. The summed E-state index contributed by atoms with van der Waals surface area (Å²) in [7, 11) is 1.28. The smallest absolute Gasteiger partial charge is 0.372 e. The third kappa shape index (κ3) is 45.5. The first-order chi connectivity index (χ1) is 9.96. The highest BCUT2D eigenvalue weighted by molar-refractivity contribution is 5.85. The van der Waals surface area contributed by atoms with E-state index in [1.54, 1.807) is 6.92 Å². The Kier molecular flexibility index (Phi) is 41.7. The van der Waals surface area contributed by atoms with Crippen LogP contribution in [0.15, 0.2) is 12.3 Å². The van der Waals surface area contributed by atoms with E-state index in [0.717, 1.165) is 0 Å². The number of ether oxygens (including phenoxy) is 2. The molecule has 0 aliphatic carbocycles. The molecule has 0 aliphatic rings. The van der Waals surface area contributed by atoms with Crippen molar-refractivity contribution < 1.29 is 44.9 Å². The summed E-state index contributed by atoms with van der Waals surface area (Å²) in [6, 6.07) is 0. The molecular weight excluding hydrogens is 288 g/mol. The minimum Gasteiger partial charge on any atom is -0.487 e. The van der Waals surface area contributed by atoms with Crippen molar-refractivity contribution in [2.75, 3.05) is 53.4 Å². The Bertz CT molecular complexity index is 182. The molecule has 0 heterocycles. The maximum Gasteiger partial charge on any atom is 0.372 e. The van der Waals surface area contributed by atoms with E-state index in [4.69, 9.17) is 35.4 Å². The molecule has 6 N–H and O–H groups in total. The van der Waals surface area contributed by atoms with Crippen molar-refractivity contribution in [3.05, 3.63) is 12.3 Å². The van der Waals surface area contributed by atoms with Gasteiger partial charge in [0.2, 0.25) is 0 Å².